The second-order valence-electron chi connectivity index (χ2n) is 15.1. The van der Waals surface area contributed by atoms with Crippen LogP contribution in [-0.4, -0.2) is 4.98 Å². The number of furan rings is 1. The average molecular weight is 786 g/mol. The molecule has 9 aromatic carbocycles. The van der Waals surface area contributed by atoms with Gasteiger partial charge in [-0.1, -0.05) is 103 Å². The highest BCUT2D eigenvalue weighted by atomic mass is 16.5. The maximum atomic E-state index is 6.85. The molecule has 0 bridgehead atoms. The summed E-state index contributed by atoms with van der Waals surface area (Å²) in [5, 5.41) is 6.47. The quantitative estimate of drug-likeness (QED) is 0.153. The zero-order valence-corrected chi connectivity index (χ0v) is 32.8. The fourth-order valence-electron chi connectivity index (χ4n) is 8.76. The number of aromatic nitrogens is 1. The van der Waals surface area contributed by atoms with Crippen LogP contribution in [0.3, 0.4) is 0 Å². The van der Waals surface area contributed by atoms with Gasteiger partial charge in [-0.15, -0.1) is 0 Å². The number of fused-ring (bicyclic) bond motifs is 6. The van der Waals surface area contributed by atoms with Crippen LogP contribution in [0.2, 0.25) is 0 Å². The van der Waals surface area contributed by atoms with Gasteiger partial charge in [0.1, 0.15) is 34.4 Å². The monoisotopic (exact) mass is 785 g/mol. The molecule has 0 spiro atoms. The van der Waals surface area contributed by atoms with Crippen molar-refractivity contribution < 1.29 is 13.9 Å². The Balaban J connectivity index is 0.943. The molecule has 0 fully saturated rings. The first kappa shape index (κ1) is 34.7. The van der Waals surface area contributed by atoms with Crippen molar-refractivity contribution >= 4 is 77.7 Å². The molecular weight excluding hydrogens is 751 g/mol. The van der Waals surface area contributed by atoms with Crippen molar-refractivity contribution in [2.75, 3.05) is 9.80 Å². The number of ether oxygens (including phenoxy) is 2. The molecule has 0 aliphatic carbocycles. The normalized spacial score (nSPS) is 11.7. The Morgan fingerprint density at radius 3 is 2.08 bits per heavy atom. The maximum Gasteiger partial charge on any atom is 0.159 e. The van der Waals surface area contributed by atoms with Crippen molar-refractivity contribution in [1.82, 2.24) is 4.98 Å². The van der Waals surface area contributed by atoms with Crippen LogP contribution < -0.4 is 19.3 Å². The Labute approximate surface area is 351 Å². The first-order chi connectivity index (χ1) is 30.2. The lowest BCUT2D eigenvalue weighted by molar-refractivity contribution is 0.481. The van der Waals surface area contributed by atoms with Gasteiger partial charge in [0.05, 0.1) is 17.1 Å². The van der Waals surface area contributed by atoms with Crippen molar-refractivity contribution in [1.29, 1.82) is 0 Å². The summed E-state index contributed by atoms with van der Waals surface area (Å²) >= 11 is 0. The summed E-state index contributed by atoms with van der Waals surface area (Å²) in [6.07, 6.45) is 1.81. The van der Waals surface area contributed by atoms with Gasteiger partial charge in [0.15, 0.2) is 5.58 Å². The SMILES string of the molecule is c1ccc(N(c2cccc(Oc3ccc4c5c(cccc35)Oc3cc(N(c5ccc6ccccc6c5)c5cccc6c5oc5ccccc56)ccc3-4)c2)c2ccccn2)cc1. The summed E-state index contributed by atoms with van der Waals surface area (Å²) < 4.78 is 20.2. The fourth-order valence-corrected chi connectivity index (χ4v) is 8.76. The van der Waals surface area contributed by atoms with Crippen LogP contribution in [0.5, 0.6) is 23.0 Å². The van der Waals surface area contributed by atoms with Crippen LogP contribution in [-0.2, 0) is 0 Å². The van der Waals surface area contributed by atoms with Crippen LogP contribution in [0.4, 0.5) is 34.3 Å². The van der Waals surface area contributed by atoms with Gasteiger partial charge in [-0.25, -0.2) is 4.98 Å². The maximum absolute atomic E-state index is 6.85. The van der Waals surface area contributed by atoms with E-state index in [0.717, 1.165) is 101 Å². The lowest BCUT2D eigenvalue weighted by atomic mass is 9.94. The van der Waals surface area contributed by atoms with Crippen LogP contribution in [0.1, 0.15) is 0 Å². The van der Waals surface area contributed by atoms with E-state index in [9.17, 15) is 0 Å². The van der Waals surface area contributed by atoms with E-state index >= 15 is 0 Å². The molecule has 11 aromatic rings. The lowest BCUT2D eigenvalue weighted by Crippen LogP contribution is -2.11. The van der Waals surface area contributed by atoms with Crippen LogP contribution in [0.15, 0.2) is 217 Å². The summed E-state index contributed by atoms with van der Waals surface area (Å²) in [5.74, 6) is 3.82. The Morgan fingerprint density at radius 2 is 1.16 bits per heavy atom. The Kier molecular flexibility index (Phi) is 8.06. The number of benzene rings is 9. The Hall–Kier alpha value is -8.35. The minimum absolute atomic E-state index is 0.713. The van der Waals surface area contributed by atoms with Gasteiger partial charge >= 0.3 is 0 Å². The van der Waals surface area contributed by atoms with Gasteiger partial charge in [0, 0.05) is 56.8 Å². The van der Waals surface area contributed by atoms with Gasteiger partial charge in [-0.2, -0.15) is 0 Å². The molecule has 0 atom stereocenters. The molecule has 61 heavy (non-hydrogen) atoms. The van der Waals surface area contributed by atoms with E-state index in [1.165, 1.54) is 5.39 Å². The van der Waals surface area contributed by atoms with Gasteiger partial charge in [0.25, 0.3) is 0 Å². The van der Waals surface area contributed by atoms with Crippen LogP contribution in [0, 0.1) is 0 Å². The third-order valence-electron chi connectivity index (χ3n) is 11.5. The zero-order valence-electron chi connectivity index (χ0n) is 32.8. The predicted octanol–water partition coefficient (Wildman–Crippen LogP) is 15.8. The largest absolute Gasteiger partial charge is 0.457 e. The predicted molar refractivity (Wildman–Crippen MR) is 248 cm³/mol. The average Bonchev–Trinajstić information content (AvgIpc) is 3.70. The summed E-state index contributed by atoms with van der Waals surface area (Å²) in [6, 6.07) is 70.8. The standard InChI is InChI=1S/C55H35N3O3/c1-2-15-38(16-3-1)58(53-25-8-9-32-56-53)39-17-10-18-42(34-39)59-50-31-30-45-44-29-28-41(35-52(44)60-51-24-12-21-47(50)54(45)51)57(40-27-26-36-13-4-5-14-37(36)33-40)48-22-11-20-46-43-19-6-7-23-49(43)61-55(46)48/h1-35H. The summed E-state index contributed by atoms with van der Waals surface area (Å²) in [7, 11) is 0. The van der Waals surface area contributed by atoms with Gasteiger partial charge < -0.3 is 18.8 Å². The molecule has 0 unspecified atom stereocenters. The molecule has 288 valence electrons. The third kappa shape index (κ3) is 5.92. The lowest BCUT2D eigenvalue weighted by Gasteiger charge is -2.28. The van der Waals surface area contributed by atoms with E-state index in [0.29, 0.717) is 5.75 Å². The first-order valence-electron chi connectivity index (χ1n) is 20.3. The molecule has 1 aliphatic rings. The number of rotatable bonds is 8. The van der Waals surface area contributed by atoms with Crippen LogP contribution >= 0.6 is 0 Å². The minimum atomic E-state index is 0.713. The number of hydrogen-bond acceptors (Lipinski definition) is 6. The van der Waals surface area contributed by atoms with Crippen molar-refractivity contribution in [2.24, 2.45) is 0 Å². The van der Waals surface area contributed by atoms with E-state index in [1.54, 1.807) is 0 Å². The molecule has 0 amide bonds. The van der Waals surface area contributed by atoms with E-state index in [2.05, 4.69) is 148 Å². The molecule has 0 saturated heterocycles. The molecule has 12 rings (SSSR count). The molecule has 6 heteroatoms. The molecule has 2 aromatic heterocycles. The molecule has 0 saturated carbocycles. The smallest absolute Gasteiger partial charge is 0.159 e. The zero-order chi connectivity index (χ0) is 40.3. The van der Waals surface area contributed by atoms with Gasteiger partial charge in [-0.3, -0.25) is 4.90 Å². The number of hydrogen-bond donors (Lipinski definition) is 0. The van der Waals surface area contributed by atoms with Crippen molar-refractivity contribution in [3.63, 3.8) is 0 Å². The summed E-state index contributed by atoms with van der Waals surface area (Å²) in [4.78, 5) is 9.08. The summed E-state index contributed by atoms with van der Waals surface area (Å²) in [6.45, 7) is 0. The Bertz CT molecular complexity index is 3420. The highest BCUT2D eigenvalue weighted by molar-refractivity contribution is 6.11. The molecule has 1 aliphatic heterocycles. The minimum Gasteiger partial charge on any atom is -0.457 e. The van der Waals surface area contributed by atoms with E-state index < -0.39 is 0 Å². The molecule has 0 N–H and O–H groups in total. The van der Waals surface area contributed by atoms with E-state index in [4.69, 9.17) is 13.9 Å². The fraction of sp³-hybridized carbons (Fsp3) is 0. The first-order valence-corrected chi connectivity index (χ1v) is 20.3. The third-order valence-corrected chi connectivity index (χ3v) is 11.5. The highest BCUT2D eigenvalue weighted by Gasteiger charge is 2.26. The van der Waals surface area contributed by atoms with Crippen molar-refractivity contribution in [2.45, 2.75) is 0 Å². The number of para-hydroxylation sites is 3. The number of anilines is 6. The van der Waals surface area contributed by atoms with E-state index in [-0.39, 0.29) is 0 Å². The van der Waals surface area contributed by atoms with Gasteiger partial charge in [-0.05, 0) is 107 Å². The van der Waals surface area contributed by atoms with Gasteiger partial charge in [0.2, 0.25) is 0 Å². The summed E-state index contributed by atoms with van der Waals surface area (Å²) in [5.41, 5.74) is 8.63. The van der Waals surface area contributed by atoms with E-state index in [1.807, 2.05) is 79.0 Å². The number of pyridine rings is 1. The second kappa shape index (κ2) is 14.2. The molecule has 0 radical (unpaired) electrons. The Morgan fingerprint density at radius 1 is 0.443 bits per heavy atom. The topological polar surface area (TPSA) is 51.0 Å². The van der Waals surface area contributed by atoms with Crippen molar-refractivity contribution in [3.8, 4) is 34.1 Å². The van der Waals surface area contributed by atoms with Crippen molar-refractivity contribution in [3.05, 3.63) is 212 Å². The molecular formula is C55H35N3O3. The highest BCUT2D eigenvalue weighted by Crippen LogP contribution is 2.52. The molecule has 3 heterocycles. The molecule has 6 nitrogen and oxygen atoms in total. The second-order valence-corrected chi connectivity index (χ2v) is 15.1. The van der Waals surface area contributed by atoms with Crippen LogP contribution in [0.25, 0.3) is 54.6 Å². The number of nitrogens with zero attached hydrogens (tertiary/aromatic N) is 3.